The number of unbranched alkanes of at least 4 members (excludes halogenated alkanes) is 3. The Balaban J connectivity index is 1.87. The van der Waals surface area contributed by atoms with Gasteiger partial charge in [-0.25, -0.2) is 0 Å². The average Bonchev–Trinajstić information content (AvgIpc) is 3.22. The van der Waals surface area contributed by atoms with E-state index in [1.165, 1.54) is 25.4 Å². The minimum atomic E-state index is -0.566. The Hall–Kier alpha value is -1.86. The van der Waals surface area contributed by atoms with Crippen molar-refractivity contribution in [1.82, 2.24) is 15.1 Å². The maximum Gasteiger partial charge on any atom is 0.255 e. The van der Waals surface area contributed by atoms with Crippen LogP contribution >= 0.6 is 0 Å². The first kappa shape index (κ1) is 21.4. The Morgan fingerprint density at radius 3 is 2.67 bits per heavy atom. The fraction of sp³-hybridized carbons (Fsp3) is 0.700. The summed E-state index contributed by atoms with van der Waals surface area (Å²) in [5.74, 6) is -0.319. The number of morpholine rings is 1. The molecule has 2 heterocycles. The highest BCUT2D eigenvalue weighted by molar-refractivity contribution is 5.97. The molecular formula is C20H33N3O4. The summed E-state index contributed by atoms with van der Waals surface area (Å²) in [6.45, 7) is 9.48. The van der Waals surface area contributed by atoms with E-state index in [0.717, 1.165) is 52.2 Å². The van der Waals surface area contributed by atoms with E-state index in [-0.39, 0.29) is 11.8 Å². The molecule has 1 fully saturated rings. The summed E-state index contributed by atoms with van der Waals surface area (Å²) in [5, 5.41) is 2.78. The second-order valence-corrected chi connectivity index (χ2v) is 7.05. The predicted octanol–water partition coefficient (Wildman–Crippen LogP) is 2.14. The molecule has 1 aromatic rings. The van der Waals surface area contributed by atoms with Crippen molar-refractivity contribution in [3.63, 3.8) is 0 Å². The van der Waals surface area contributed by atoms with Gasteiger partial charge in [-0.3, -0.25) is 14.5 Å². The van der Waals surface area contributed by atoms with Crippen LogP contribution < -0.4 is 5.32 Å². The summed E-state index contributed by atoms with van der Waals surface area (Å²) < 4.78 is 10.3. The van der Waals surface area contributed by atoms with Crippen molar-refractivity contribution in [2.24, 2.45) is 0 Å². The Labute approximate surface area is 162 Å². The van der Waals surface area contributed by atoms with E-state index in [0.29, 0.717) is 12.1 Å². The summed E-state index contributed by atoms with van der Waals surface area (Å²) in [7, 11) is 0. The molecule has 1 unspecified atom stereocenters. The number of nitrogens with one attached hydrogen (secondary N) is 1. The minimum absolute atomic E-state index is 0.0309. The first-order valence-electron chi connectivity index (χ1n) is 10.0. The highest BCUT2D eigenvalue weighted by Crippen LogP contribution is 2.06. The van der Waals surface area contributed by atoms with Gasteiger partial charge in [0.1, 0.15) is 12.3 Å². The maximum atomic E-state index is 12.9. The number of nitrogens with zero attached hydrogens (tertiary/aromatic N) is 2. The molecule has 0 spiro atoms. The lowest BCUT2D eigenvalue weighted by Crippen LogP contribution is -2.50. The van der Waals surface area contributed by atoms with E-state index in [2.05, 4.69) is 17.1 Å². The molecular weight excluding hydrogens is 346 g/mol. The third kappa shape index (κ3) is 7.34. The molecule has 1 aliphatic rings. The second kappa shape index (κ2) is 11.8. The first-order valence-corrected chi connectivity index (χ1v) is 10.0. The van der Waals surface area contributed by atoms with Crippen molar-refractivity contribution < 1.29 is 18.7 Å². The molecule has 2 amide bonds. The molecule has 0 aliphatic carbocycles. The van der Waals surface area contributed by atoms with Crippen LogP contribution in [-0.4, -0.2) is 73.6 Å². The van der Waals surface area contributed by atoms with E-state index >= 15 is 0 Å². The molecule has 152 valence electrons. The number of ether oxygens (including phenoxy) is 1. The molecule has 0 radical (unpaired) electrons. The fourth-order valence-corrected chi connectivity index (χ4v) is 3.16. The predicted molar refractivity (Wildman–Crippen MR) is 104 cm³/mol. The van der Waals surface area contributed by atoms with Gasteiger partial charge in [0.15, 0.2) is 0 Å². The quantitative estimate of drug-likeness (QED) is 0.596. The molecule has 27 heavy (non-hydrogen) atoms. The van der Waals surface area contributed by atoms with Crippen LogP contribution in [0.4, 0.5) is 0 Å². The third-order valence-electron chi connectivity index (χ3n) is 4.88. The van der Waals surface area contributed by atoms with Crippen LogP contribution in [0.25, 0.3) is 0 Å². The van der Waals surface area contributed by atoms with Gasteiger partial charge in [0.2, 0.25) is 5.91 Å². The van der Waals surface area contributed by atoms with Gasteiger partial charge in [-0.15, -0.1) is 0 Å². The van der Waals surface area contributed by atoms with Crippen molar-refractivity contribution in [2.45, 2.75) is 45.6 Å². The van der Waals surface area contributed by atoms with Crippen molar-refractivity contribution in [2.75, 3.05) is 45.9 Å². The lowest BCUT2D eigenvalue weighted by molar-refractivity contribution is -0.133. The third-order valence-corrected chi connectivity index (χ3v) is 4.88. The molecule has 1 saturated heterocycles. The van der Waals surface area contributed by atoms with Gasteiger partial charge >= 0.3 is 0 Å². The lowest BCUT2D eigenvalue weighted by Gasteiger charge is -2.31. The van der Waals surface area contributed by atoms with Gasteiger partial charge in [-0.2, -0.15) is 0 Å². The molecule has 1 aromatic heterocycles. The zero-order valence-corrected chi connectivity index (χ0v) is 16.6. The smallest absolute Gasteiger partial charge is 0.255 e. The highest BCUT2D eigenvalue weighted by Gasteiger charge is 2.23. The standard InChI is InChI=1S/C20H33N3O4/c1-3-4-5-6-8-23(10-9-22-11-14-26-15-12-22)20(25)17(2)21-19(24)18-7-13-27-16-18/h7,13,16-17H,3-6,8-12,14-15H2,1-2H3,(H,21,24). The summed E-state index contributed by atoms with van der Waals surface area (Å²) in [6.07, 6.45) is 7.28. The van der Waals surface area contributed by atoms with Crippen LogP contribution in [0.2, 0.25) is 0 Å². The zero-order chi connectivity index (χ0) is 19.5. The topological polar surface area (TPSA) is 75.0 Å². The Morgan fingerprint density at radius 1 is 1.22 bits per heavy atom. The van der Waals surface area contributed by atoms with Gasteiger partial charge < -0.3 is 19.4 Å². The average molecular weight is 380 g/mol. The summed E-state index contributed by atoms with van der Waals surface area (Å²) in [6, 6.07) is 1.02. The van der Waals surface area contributed by atoms with Gasteiger partial charge in [0.25, 0.3) is 5.91 Å². The summed E-state index contributed by atoms with van der Waals surface area (Å²) in [5.41, 5.74) is 0.428. The molecule has 1 atom stereocenters. The maximum absolute atomic E-state index is 12.9. The second-order valence-electron chi connectivity index (χ2n) is 7.05. The van der Waals surface area contributed by atoms with Crippen LogP contribution in [0.1, 0.15) is 49.9 Å². The van der Waals surface area contributed by atoms with Gasteiger partial charge in [-0.1, -0.05) is 26.2 Å². The Kier molecular flexibility index (Phi) is 9.35. The molecule has 7 nitrogen and oxygen atoms in total. The van der Waals surface area contributed by atoms with Crippen molar-refractivity contribution in [3.8, 4) is 0 Å². The first-order chi connectivity index (χ1) is 13.1. The largest absolute Gasteiger partial charge is 0.472 e. The van der Waals surface area contributed by atoms with E-state index in [1.54, 1.807) is 13.0 Å². The number of amides is 2. The number of carbonyl (C=O) groups is 2. The number of rotatable bonds is 11. The minimum Gasteiger partial charge on any atom is -0.472 e. The number of carbonyl (C=O) groups excluding carboxylic acids is 2. The van der Waals surface area contributed by atoms with Gasteiger partial charge in [-0.05, 0) is 19.4 Å². The number of furan rings is 1. The van der Waals surface area contributed by atoms with E-state index in [9.17, 15) is 9.59 Å². The Morgan fingerprint density at radius 2 is 2.00 bits per heavy atom. The summed E-state index contributed by atoms with van der Waals surface area (Å²) >= 11 is 0. The van der Waals surface area contributed by atoms with Gasteiger partial charge in [0.05, 0.1) is 25.0 Å². The van der Waals surface area contributed by atoms with Crippen LogP contribution in [0.5, 0.6) is 0 Å². The van der Waals surface area contributed by atoms with Gasteiger partial charge in [0, 0.05) is 32.7 Å². The highest BCUT2D eigenvalue weighted by atomic mass is 16.5. The lowest BCUT2D eigenvalue weighted by atomic mass is 10.2. The summed E-state index contributed by atoms with van der Waals surface area (Å²) in [4.78, 5) is 29.3. The van der Waals surface area contributed by atoms with Crippen LogP contribution in [-0.2, 0) is 9.53 Å². The SMILES string of the molecule is CCCCCCN(CCN1CCOCC1)C(=O)C(C)NC(=O)c1ccoc1. The molecule has 2 rings (SSSR count). The van der Waals surface area contributed by atoms with E-state index in [4.69, 9.17) is 9.15 Å². The monoisotopic (exact) mass is 379 g/mol. The van der Waals surface area contributed by atoms with Crippen molar-refractivity contribution in [3.05, 3.63) is 24.2 Å². The van der Waals surface area contributed by atoms with Crippen molar-refractivity contribution >= 4 is 11.8 Å². The van der Waals surface area contributed by atoms with E-state index < -0.39 is 6.04 Å². The molecule has 0 saturated carbocycles. The molecule has 0 bridgehead atoms. The zero-order valence-electron chi connectivity index (χ0n) is 16.6. The molecule has 1 N–H and O–H groups in total. The molecule has 7 heteroatoms. The van der Waals surface area contributed by atoms with Crippen LogP contribution in [0, 0.1) is 0 Å². The number of hydrogen-bond acceptors (Lipinski definition) is 5. The number of hydrogen-bond donors (Lipinski definition) is 1. The molecule has 1 aliphatic heterocycles. The normalized spacial score (nSPS) is 16.1. The fourth-order valence-electron chi connectivity index (χ4n) is 3.16. The van der Waals surface area contributed by atoms with Crippen LogP contribution in [0.15, 0.2) is 23.0 Å². The van der Waals surface area contributed by atoms with Crippen LogP contribution in [0.3, 0.4) is 0 Å². The Bertz CT molecular complexity index is 556. The molecule has 0 aromatic carbocycles. The van der Waals surface area contributed by atoms with E-state index in [1.807, 2.05) is 4.90 Å². The van der Waals surface area contributed by atoms with Crippen molar-refractivity contribution in [1.29, 1.82) is 0 Å².